The molecule has 0 unspecified atom stereocenters. The molecule has 2 aromatic carbocycles. The topological polar surface area (TPSA) is 64.9 Å². The van der Waals surface area contributed by atoms with Gasteiger partial charge in [0.05, 0.1) is 7.11 Å². The maximum atomic E-state index is 14.3. The van der Waals surface area contributed by atoms with Gasteiger partial charge < -0.3 is 10.1 Å². The number of hydrogen-bond acceptors (Lipinski definition) is 5. The van der Waals surface area contributed by atoms with Gasteiger partial charge >= 0.3 is 0 Å². The first-order chi connectivity index (χ1) is 11.8. The third kappa shape index (κ3) is 2.40. The molecule has 4 rings (SSSR count). The summed E-state index contributed by atoms with van der Waals surface area (Å²) in [5.41, 5.74) is 2.26. The molecule has 0 radical (unpaired) electrons. The molecule has 1 aromatic heterocycles. The van der Waals surface area contributed by atoms with Crippen molar-refractivity contribution in [3.05, 3.63) is 71.6 Å². The van der Waals surface area contributed by atoms with Gasteiger partial charge in [-0.2, -0.15) is 4.68 Å². The van der Waals surface area contributed by atoms with Crippen LogP contribution in [0.4, 0.5) is 10.3 Å². The van der Waals surface area contributed by atoms with Crippen LogP contribution in [0.5, 0.6) is 5.75 Å². The molecule has 24 heavy (non-hydrogen) atoms. The smallest absolute Gasteiger partial charge is 0.248 e. The Balaban J connectivity index is 1.80. The summed E-state index contributed by atoms with van der Waals surface area (Å²) in [6, 6.07) is 13.8. The Bertz CT molecular complexity index is 903. The van der Waals surface area contributed by atoms with Crippen LogP contribution in [0, 0.1) is 5.82 Å². The van der Waals surface area contributed by atoms with Crippen molar-refractivity contribution >= 4 is 11.6 Å². The van der Waals surface area contributed by atoms with E-state index < -0.39 is 6.04 Å². The van der Waals surface area contributed by atoms with Crippen LogP contribution in [0.2, 0.25) is 0 Å². The van der Waals surface area contributed by atoms with Crippen LogP contribution in [0.25, 0.3) is 5.70 Å². The summed E-state index contributed by atoms with van der Waals surface area (Å²) in [5, 5.41) is 14.8. The number of halogens is 1. The molecule has 1 aliphatic heterocycles. The zero-order chi connectivity index (χ0) is 16.5. The van der Waals surface area contributed by atoms with Crippen molar-refractivity contribution in [3.63, 3.8) is 0 Å². The molecule has 120 valence electrons. The maximum absolute atomic E-state index is 14.3. The summed E-state index contributed by atoms with van der Waals surface area (Å²) in [6.07, 6.45) is 1.91. The largest absolute Gasteiger partial charge is 0.497 e. The van der Waals surface area contributed by atoms with Gasteiger partial charge in [0.25, 0.3) is 0 Å². The fraction of sp³-hybridized carbons (Fsp3) is 0.118. The molecule has 0 saturated carbocycles. The number of benzene rings is 2. The first-order valence-electron chi connectivity index (χ1n) is 7.42. The van der Waals surface area contributed by atoms with Crippen molar-refractivity contribution in [2.75, 3.05) is 12.4 Å². The van der Waals surface area contributed by atoms with E-state index in [0.29, 0.717) is 11.5 Å². The van der Waals surface area contributed by atoms with Crippen LogP contribution in [0.3, 0.4) is 0 Å². The minimum Gasteiger partial charge on any atom is -0.497 e. The summed E-state index contributed by atoms with van der Waals surface area (Å²) in [5.74, 6) is 0.943. The molecular weight excluding hydrogens is 309 g/mol. The van der Waals surface area contributed by atoms with Crippen LogP contribution in [-0.2, 0) is 0 Å². The second kappa shape index (κ2) is 5.77. The summed E-state index contributed by atoms with van der Waals surface area (Å²) in [6.45, 7) is 0. The maximum Gasteiger partial charge on any atom is 0.248 e. The van der Waals surface area contributed by atoms with Crippen molar-refractivity contribution < 1.29 is 9.13 Å². The SMILES string of the molecule is COc1ccc(C2=C[C@H](c3ccccc3F)n3nnnc3N2)cc1. The minimum absolute atomic E-state index is 0.295. The van der Waals surface area contributed by atoms with Gasteiger partial charge in [0.2, 0.25) is 5.95 Å². The normalized spacial score (nSPS) is 16.1. The highest BCUT2D eigenvalue weighted by atomic mass is 19.1. The summed E-state index contributed by atoms with van der Waals surface area (Å²) in [4.78, 5) is 0. The third-order valence-electron chi connectivity index (χ3n) is 3.95. The molecule has 3 aromatic rings. The van der Waals surface area contributed by atoms with Crippen LogP contribution in [-0.4, -0.2) is 27.3 Å². The molecule has 1 aliphatic rings. The number of methoxy groups -OCH3 is 1. The number of nitrogens with zero attached hydrogens (tertiary/aromatic N) is 4. The van der Waals surface area contributed by atoms with Gasteiger partial charge in [-0.15, -0.1) is 0 Å². The van der Waals surface area contributed by atoms with Gasteiger partial charge in [-0.3, -0.25) is 0 Å². The molecule has 0 saturated heterocycles. The molecular formula is C17H14FN5O. The zero-order valence-electron chi connectivity index (χ0n) is 12.8. The Kier molecular flexibility index (Phi) is 3.45. The van der Waals surface area contributed by atoms with Crippen LogP contribution >= 0.6 is 0 Å². The highest BCUT2D eigenvalue weighted by molar-refractivity contribution is 5.77. The van der Waals surface area contributed by atoms with E-state index in [1.54, 1.807) is 30.0 Å². The number of allylic oxidation sites excluding steroid dienone is 1. The predicted molar refractivity (Wildman–Crippen MR) is 86.9 cm³/mol. The van der Waals surface area contributed by atoms with Gasteiger partial charge in [-0.25, -0.2) is 4.39 Å². The van der Waals surface area contributed by atoms with Crippen molar-refractivity contribution in [1.29, 1.82) is 0 Å². The van der Waals surface area contributed by atoms with E-state index in [0.717, 1.165) is 17.0 Å². The van der Waals surface area contributed by atoms with Gasteiger partial charge in [-0.05, 0) is 52.4 Å². The first-order valence-corrected chi connectivity index (χ1v) is 7.42. The molecule has 0 fully saturated rings. The highest BCUT2D eigenvalue weighted by Gasteiger charge is 2.26. The molecule has 0 amide bonds. The van der Waals surface area contributed by atoms with E-state index >= 15 is 0 Å². The number of tetrazole rings is 1. The standard InChI is InChI=1S/C17H14FN5O/c1-24-12-8-6-11(7-9-12)15-10-16(13-4-2-3-5-14(13)18)23-17(19-15)20-21-22-23/h2-10,16H,1H3,(H,19,20,22)/t16-/m1/s1. The monoisotopic (exact) mass is 323 g/mol. The first kappa shape index (κ1) is 14.4. The predicted octanol–water partition coefficient (Wildman–Crippen LogP) is 2.88. The second-order valence-corrected chi connectivity index (χ2v) is 5.35. The molecule has 0 spiro atoms. The Morgan fingerprint density at radius 2 is 1.92 bits per heavy atom. The molecule has 1 N–H and O–H groups in total. The van der Waals surface area contributed by atoms with Crippen molar-refractivity contribution in [3.8, 4) is 5.75 Å². The Morgan fingerprint density at radius 3 is 2.67 bits per heavy atom. The van der Waals surface area contributed by atoms with Crippen molar-refractivity contribution in [2.45, 2.75) is 6.04 Å². The molecule has 6 nitrogen and oxygen atoms in total. The molecule has 0 bridgehead atoms. The van der Waals surface area contributed by atoms with E-state index in [9.17, 15) is 4.39 Å². The fourth-order valence-electron chi connectivity index (χ4n) is 2.73. The number of aromatic nitrogens is 4. The van der Waals surface area contributed by atoms with E-state index in [4.69, 9.17) is 4.74 Å². The van der Waals surface area contributed by atoms with Crippen LogP contribution < -0.4 is 10.1 Å². The highest BCUT2D eigenvalue weighted by Crippen LogP contribution is 2.32. The van der Waals surface area contributed by atoms with Gasteiger partial charge in [0.1, 0.15) is 17.6 Å². The number of anilines is 1. The lowest BCUT2D eigenvalue weighted by molar-refractivity contribution is 0.415. The van der Waals surface area contributed by atoms with E-state index in [-0.39, 0.29) is 5.82 Å². The Labute approximate surface area is 137 Å². The van der Waals surface area contributed by atoms with Gasteiger partial charge in [0.15, 0.2) is 0 Å². The number of rotatable bonds is 3. The summed E-state index contributed by atoms with van der Waals surface area (Å²) >= 11 is 0. The second-order valence-electron chi connectivity index (χ2n) is 5.35. The Morgan fingerprint density at radius 1 is 1.12 bits per heavy atom. The molecule has 1 atom stereocenters. The summed E-state index contributed by atoms with van der Waals surface area (Å²) in [7, 11) is 1.62. The number of ether oxygens (including phenoxy) is 1. The van der Waals surface area contributed by atoms with E-state index in [2.05, 4.69) is 20.8 Å². The molecule has 0 aliphatic carbocycles. The number of nitrogens with one attached hydrogen (secondary N) is 1. The fourth-order valence-corrected chi connectivity index (χ4v) is 2.73. The van der Waals surface area contributed by atoms with Crippen molar-refractivity contribution in [2.24, 2.45) is 0 Å². The third-order valence-corrected chi connectivity index (χ3v) is 3.95. The lowest BCUT2D eigenvalue weighted by Gasteiger charge is -2.23. The molecule has 7 heteroatoms. The number of hydrogen-bond donors (Lipinski definition) is 1. The average Bonchev–Trinajstić information content (AvgIpc) is 3.10. The average molecular weight is 323 g/mol. The molecule has 2 heterocycles. The van der Waals surface area contributed by atoms with Crippen LogP contribution in [0.1, 0.15) is 17.2 Å². The summed E-state index contributed by atoms with van der Waals surface area (Å²) < 4.78 is 21.0. The zero-order valence-corrected chi connectivity index (χ0v) is 12.8. The van der Waals surface area contributed by atoms with Crippen molar-refractivity contribution in [1.82, 2.24) is 20.2 Å². The van der Waals surface area contributed by atoms with Gasteiger partial charge in [-0.1, -0.05) is 23.3 Å². The lowest BCUT2D eigenvalue weighted by Crippen LogP contribution is -2.21. The van der Waals surface area contributed by atoms with E-state index in [1.807, 2.05) is 30.3 Å². The minimum atomic E-state index is -0.422. The quantitative estimate of drug-likeness (QED) is 0.803. The number of fused-ring (bicyclic) bond motifs is 1. The van der Waals surface area contributed by atoms with Crippen LogP contribution in [0.15, 0.2) is 54.6 Å². The lowest BCUT2D eigenvalue weighted by atomic mass is 10.0. The van der Waals surface area contributed by atoms with Gasteiger partial charge in [0, 0.05) is 11.3 Å². The van der Waals surface area contributed by atoms with E-state index in [1.165, 1.54) is 6.07 Å². The Hall–Kier alpha value is -3.22.